The molecule has 2 aromatic heterocycles. The van der Waals surface area contributed by atoms with Gasteiger partial charge in [-0.3, -0.25) is 4.98 Å². The molecule has 1 unspecified atom stereocenters. The Labute approximate surface area is 109 Å². The highest BCUT2D eigenvalue weighted by atomic mass is 35.5. The Morgan fingerprint density at radius 3 is 2.61 bits per heavy atom. The zero-order valence-electron chi connectivity index (χ0n) is 8.78. The van der Waals surface area contributed by atoms with E-state index in [9.17, 15) is 13.2 Å². The number of hydrogen-bond donors (Lipinski definition) is 1. The molecular formula is C10H7ClF3N3S. The Kier molecular flexibility index (Phi) is 3.56. The third kappa shape index (κ3) is 2.63. The third-order valence-electron chi connectivity index (χ3n) is 2.15. The monoisotopic (exact) mass is 293 g/mol. The van der Waals surface area contributed by atoms with Crippen molar-refractivity contribution in [2.75, 3.05) is 0 Å². The van der Waals surface area contributed by atoms with Crippen molar-refractivity contribution in [2.24, 2.45) is 5.73 Å². The van der Waals surface area contributed by atoms with Crippen molar-refractivity contribution in [1.29, 1.82) is 0 Å². The van der Waals surface area contributed by atoms with Crippen LogP contribution in [0.25, 0.3) is 0 Å². The Bertz CT molecular complexity index is 555. The highest BCUT2D eigenvalue weighted by Crippen LogP contribution is 2.35. The molecular weight excluding hydrogens is 287 g/mol. The van der Waals surface area contributed by atoms with E-state index in [1.807, 2.05) is 0 Å². The summed E-state index contributed by atoms with van der Waals surface area (Å²) in [5.74, 6) is 0. The van der Waals surface area contributed by atoms with Crippen LogP contribution >= 0.6 is 22.9 Å². The van der Waals surface area contributed by atoms with Crippen LogP contribution in [0, 0.1) is 0 Å². The number of aromatic nitrogens is 2. The number of alkyl halides is 3. The first-order valence-corrected chi connectivity index (χ1v) is 5.98. The summed E-state index contributed by atoms with van der Waals surface area (Å²) in [5, 5.41) is -0.619. The first-order valence-electron chi connectivity index (χ1n) is 4.78. The van der Waals surface area contributed by atoms with E-state index in [4.69, 9.17) is 17.3 Å². The van der Waals surface area contributed by atoms with Gasteiger partial charge in [-0.15, -0.1) is 11.3 Å². The lowest BCUT2D eigenvalue weighted by atomic mass is 10.2. The fourth-order valence-electron chi connectivity index (χ4n) is 1.32. The second kappa shape index (κ2) is 4.83. The van der Waals surface area contributed by atoms with Gasteiger partial charge in [-0.05, 0) is 12.1 Å². The molecule has 0 fully saturated rings. The lowest BCUT2D eigenvalue weighted by molar-refractivity contribution is -0.137. The van der Waals surface area contributed by atoms with E-state index in [2.05, 4.69) is 9.97 Å². The molecule has 2 rings (SSSR count). The quantitative estimate of drug-likeness (QED) is 0.924. The zero-order valence-corrected chi connectivity index (χ0v) is 10.4. The number of nitrogens with two attached hydrogens (primary N) is 1. The maximum absolute atomic E-state index is 12.4. The summed E-state index contributed by atoms with van der Waals surface area (Å²) >= 11 is 6.38. The molecule has 0 aliphatic heterocycles. The van der Waals surface area contributed by atoms with E-state index in [0.29, 0.717) is 22.1 Å². The van der Waals surface area contributed by atoms with Crippen LogP contribution in [0.1, 0.15) is 21.6 Å². The maximum Gasteiger partial charge on any atom is 0.443 e. The summed E-state index contributed by atoms with van der Waals surface area (Å²) in [6.45, 7) is 0. The van der Waals surface area contributed by atoms with E-state index in [0.717, 1.165) is 6.20 Å². The predicted molar refractivity (Wildman–Crippen MR) is 62.4 cm³/mol. The number of halogens is 4. The van der Waals surface area contributed by atoms with Crippen LogP contribution in [0.15, 0.2) is 24.5 Å². The first kappa shape index (κ1) is 13.3. The van der Waals surface area contributed by atoms with E-state index in [-0.39, 0.29) is 4.88 Å². The van der Waals surface area contributed by atoms with Gasteiger partial charge >= 0.3 is 6.18 Å². The molecule has 8 heteroatoms. The minimum atomic E-state index is -4.46. The van der Waals surface area contributed by atoms with Gasteiger partial charge in [0.25, 0.3) is 0 Å². The molecule has 2 N–H and O–H groups in total. The maximum atomic E-state index is 12.4. The zero-order chi connectivity index (χ0) is 13.3. The van der Waals surface area contributed by atoms with Gasteiger partial charge in [-0.2, -0.15) is 13.2 Å². The van der Waals surface area contributed by atoms with Gasteiger partial charge in [-0.25, -0.2) is 4.98 Å². The van der Waals surface area contributed by atoms with Crippen LogP contribution in [0.4, 0.5) is 13.2 Å². The van der Waals surface area contributed by atoms with Gasteiger partial charge in [-0.1, -0.05) is 11.6 Å². The molecule has 0 amide bonds. The molecule has 0 aliphatic carbocycles. The normalized spacial score (nSPS) is 13.6. The molecule has 0 radical (unpaired) electrons. The molecule has 2 heterocycles. The van der Waals surface area contributed by atoms with Crippen molar-refractivity contribution in [2.45, 2.75) is 12.2 Å². The molecule has 2 aromatic rings. The third-order valence-corrected chi connectivity index (χ3v) is 3.60. The van der Waals surface area contributed by atoms with Crippen LogP contribution < -0.4 is 5.73 Å². The van der Waals surface area contributed by atoms with Crippen LogP contribution in [-0.2, 0) is 6.18 Å². The van der Waals surface area contributed by atoms with Crippen molar-refractivity contribution in [1.82, 2.24) is 9.97 Å². The Balaban J connectivity index is 2.33. The van der Waals surface area contributed by atoms with Crippen LogP contribution in [0.5, 0.6) is 0 Å². The Morgan fingerprint density at radius 1 is 1.33 bits per heavy atom. The fourth-order valence-corrected chi connectivity index (χ4v) is 2.35. The molecule has 0 bridgehead atoms. The van der Waals surface area contributed by atoms with E-state index in [1.54, 1.807) is 12.1 Å². The van der Waals surface area contributed by atoms with Gasteiger partial charge in [0.05, 0.1) is 16.8 Å². The fraction of sp³-hybridized carbons (Fsp3) is 0.200. The van der Waals surface area contributed by atoms with Gasteiger partial charge in [0, 0.05) is 17.3 Å². The summed E-state index contributed by atoms with van der Waals surface area (Å²) < 4.78 is 37.2. The highest BCUT2D eigenvalue weighted by Gasteiger charge is 2.35. The molecule has 0 aromatic carbocycles. The summed E-state index contributed by atoms with van der Waals surface area (Å²) in [5.41, 5.74) is 6.16. The number of thiazole rings is 1. The SMILES string of the molecule is NC(c1cnc(C(F)(F)F)s1)c1ncccc1Cl. The lowest BCUT2D eigenvalue weighted by Crippen LogP contribution is -2.12. The van der Waals surface area contributed by atoms with Gasteiger partial charge in [0.15, 0.2) is 5.01 Å². The topological polar surface area (TPSA) is 51.8 Å². The molecule has 0 aliphatic rings. The molecule has 1 atom stereocenters. The van der Waals surface area contributed by atoms with Crippen molar-refractivity contribution in [3.63, 3.8) is 0 Å². The van der Waals surface area contributed by atoms with Crippen molar-refractivity contribution < 1.29 is 13.2 Å². The minimum absolute atomic E-state index is 0.267. The second-order valence-corrected chi connectivity index (χ2v) is 4.88. The predicted octanol–water partition coefficient (Wildman–Crippen LogP) is 3.26. The number of pyridine rings is 1. The Hall–Kier alpha value is -1.18. The van der Waals surface area contributed by atoms with Crippen LogP contribution in [0.3, 0.4) is 0 Å². The van der Waals surface area contributed by atoms with Crippen molar-refractivity contribution in [3.05, 3.63) is 45.1 Å². The second-order valence-electron chi connectivity index (χ2n) is 3.41. The van der Waals surface area contributed by atoms with Crippen molar-refractivity contribution >= 4 is 22.9 Å². The van der Waals surface area contributed by atoms with Crippen LogP contribution in [0.2, 0.25) is 5.02 Å². The molecule has 96 valence electrons. The van der Waals surface area contributed by atoms with Crippen molar-refractivity contribution in [3.8, 4) is 0 Å². The number of nitrogens with zero attached hydrogens (tertiary/aromatic N) is 2. The number of hydrogen-bond acceptors (Lipinski definition) is 4. The van der Waals surface area contributed by atoms with Gasteiger partial charge in [0.1, 0.15) is 0 Å². The van der Waals surface area contributed by atoms with Gasteiger partial charge in [0.2, 0.25) is 0 Å². The Morgan fingerprint density at radius 2 is 2.06 bits per heavy atom. The molecule has 3 nitrogen and oxygen atoms in total. The molecule has 0 spiro atoms. The average molecular weight is 294 g/mol. The average Bonchev–Trinajstić information content (AvgIpc) is 2.77. The number of rotatable bonds is 2. The van der Waals surface area contributed by atoms with E-state index in [1.165, 1.54) is 6.20 Å². The summed E-state index contributed by atoms with van der Waals surface area (Å²) in [4.78, 5) is 7.54. The van der Waals surface area contributed by atoms with Crippen LogP contribution in [-0.4, -0.2) is 9.97 Å². The molecule has 18 heavy (non-hydrogen) atoms. The molecule has 0 saturated carbocycles. The van der Waals surface area contributed by atoms with Gasteiger partial charge < -0.3 is 5.73 Å². The molecule has 0 saturated heterocycles. The highest BCUT2D eigenvalue weighted by molar-refractivity contribution is 7.11. The first-order chi connectivity index (χ1) is 8.39. The minimum Gasteiger partial charge on any atom is -0.318 e. The smallest absolute Gasteiger partial charge is 0.318 e. The summed E-state index contributed by atoms with van der Waals surface area (Å²) in [7, 11) is 0. The lowest BCUT2D eigenvalue weighted by Gasteiger charge is -2.09. The summed E-state index contributed by atoms with van der Waals surface area (Å²) in [6, 6.07) is 2.38. The summed E-state index contributed by atoms with van der Waals surface area (Å²) in [6.07, 6.45) is -1.88. The standard InChI is InChI=1S/C10H7ClF3N3S/c11-5-2-1-3-16-8(5)7(15)6-4-17-9(18-6)10(12,13)14/h1-4,7H,15H2. The van der Waals surface area contributed by atoms with E-state index >= 15 is 0 Å². The van der Waals surface area contributed by atoms with E-state index < -0.39 is 17.2 Å². The largest absolute Gasteiger partial charge is 0.443 e.